The molecule has 0 aromatic carbocycles. The fourth-order valence-electron chi connectivity index (χ4n) is 2.81. The van der Waals surface area contributed by atoms with Crippen LogP contribution in [0.3, 0.4) is 0 Å². The van der Waals surface area contributed by atoms with E-state index in [9.17, 15) is 0 Å². The second-order valence-corrected chi connectivity index (χ2v) is 7.02. The van der Waals surface area contributed by atoms with E-state index < -0.39 is 12.0 Å². The fraction of sp³-hybridized carbons (Fsp3) is 0.900. The molecule has 0 aliphatic carbocycles. The summed E-state index contributed by atoms with van der Waals surface area (Å²) >= 11 is 0. The van der Waals surface area contributed by atoms with Gasteiger partial charge >= 0.3 is 0 Å². The van der Waals surface area contributed by atoms with E-state index in [4.69, 9.17) is 21.1 Å². The van der Waals surface area contributed by atoms with Crippen LogP contribution in [0.4, 0.5) is 0 Å². The van der Waals surface area contributed by atoms with Gasteiger partial charge in [0.05, 0.1) is 6.04 Å². The molecular formula is C20H41NO3. The maximum atomic E-state index is 8.89. The van der Waals surface area contributed by atoms with Crippen molar-refractivity contribution in [1.29, 1.82) is 0 Å². The fourth-order valence-corrected chi connectivity index (χ4v) is 2.81. The van der Waals surface area contributed by atoms with Gasteiger partial charge in [0.15, 0.2) is 0 Å². The van der Waals surface area contributed by atoms with E-state index in [0.717, 1.165) is 19.3 Å². The third-order valence-corrected chi connectivity index (χ3v) is 4.52. The first-order chi connectivity index (χ1) is 11.5. The van der Waals surface area contributed by atoms with Gasteiger partial charge in [-0.05, 0) is 32.1 Å². The lowest BCUT2D eigenvalue weighted by Crippen LogP contribution is -2.47. The molecular weight excluding hydrogens is 302 g/mol. The number of hydrogen-bond donors (Lipinski definition) is 4. The Morgan fingerprint density at radius 1 is 0.708 bits per heavy atom. The molecule has 24 heavy (non-hydrogen) atoms. The maximum Gasteiger partial charge on any atom is 0.291 e. The van der Waals surface area contributed by atoms with Gasteiger partial charge < -0.3 is 21.1 Å². The second-order valence-electron chi connectivity index (χ2n) is 7.02. The molecule has 0 amide bonds. The first-order valence-electron chi connectivity index (χ1n) is 10.1. The molecule has 1 atom stereocenters. The standard InChI is InChI=1S/C20H41NO3/c1-2-3-4-5-6-7-8-9-10-11-12-13-14-15-16-17-18-19(21)20(22,23)24/h9-10,19,22-24H,2-8,11-18,21H2,1H3/b10-9-. The smallest absolute Gasteiger partial charge is 0.291 e. The molecule has 1 unspecified atom stereocenters. The zero-order valence-electron chi connectivity index (χ0n) is 15.8. The first kappa shape index (κ1) is 23.6. The molecule has 5 N–H and O–H groups in total. The van der Waals surface area contributed by atoms with Gasteiger partial charge in [-0.1, -0.05) is 83.3 Å². The van der Waals surface area contributed by atoms with E-state index in [1.165, 1.54) is 70.6 Å². The molecule has 0 saturated heterocycles. The Hall–Kier alpha value is -0.420. The van der Waals surface area contributed by atoms with Gasteiger partial charge in [-0.15, -0.1) is 0 Å². The van der Waals surface area contributed by atoms with Crippen LogP contribution in [-0.4, -0.2) is 27.3 Å². The summed E-state index contributed by atoms with van der Waals surface area (Å²) in [5, 5.41) is 26.7. The molecule has 0 aliphatic heterocycles. The number of allylic oxidation sites excluding steroid dienone is 2. The quantitative estimate of drug-likeness (QED) is 0.179. The van der Waals surface area contributed by atoms with Crippen molar-refractivity contribution >= 4 is 0 Å². The van der Waals surface area contributed by atoms with Crippen LogP contribution in [-0.2, 0) is 0 Å². The average molecular weight is 344 g/mol. The summed E-state index contributed by atoms with van der Waals surface area (Å²) in [6, 6.07) is -0.978. The summed E-state index contributed by atoms with van der Waals surface area (Å²) in [5.41, 5.74) is 5.45. The molecule has 0 radical (unpaired) electrons. The molecule has 0 aliphatic rings. The van der Waals surface area contributed by atoms with E-state index in [1.807, 2.05) is 0 Å². The highest BCUT2D eigenvalue weighted by Crippen LogP contribution is 2.13. The molecule has 0 rings (SSSR count). The zero-order valence-corrected chi connectivity index (χ0v) is 15.8. The van der Waals surface area contributed by atoms with Crippen molar-refractivity contribution in [3.63, 3.8) is 0 Å². The van der Waals surface area contributed by atoms with Crippen molar-refractivity contribution in [2.45, 2.75) is 115 Å². The van der Waals surface area contributed by atoms with E-state index in [2.05, 4.69) is 19.1 Å². The Morgan fingerprint density at radius 2 is 1.12 bits per heavy atom. The minimum absolute atomic E-state index is 0.435. The van der Waals surface area contributed by atoms with Crippen molar-refractivity contribution in [1.82, 2.24) is 0 Å². The predicted octanol–water partition coefficient (Wildman–Crippen LogP) is 4.37. The van der Waals surface area contributed by atoms with Crippen molar-refractivity contribution in [3.05, 3.63) is 12.2 Å². The summed E-state index contributed by atoms with van der Waals surface area (Å²) in [6.45, 7) is 2.26. The van der Waals surface area contributed by atoms with Crippen LogP contribution in [0.15, 0.2) is 12.2 Å². The Labute approximate surface area is 149 Å². The highest BCUT2D eigenvalue weighted by Gasteiger charge is 2.27. The van der Waals surface area contributed by atoms with Gasteiger partial charge in [-0.25, -0.2) is 0 Å². The number of nitrogens with two attached hydrogens (primary N) is 1. The summed E-state index contributed by atoms with van der Waals surface area (Å²) in [7, 11) is 0. The average Bonchev–Trinajstić information content (AvgIpc) is 2.53. The van der Waals surface area contributed by atoms with Crippen molar-refractivity contribution in [2.75, 3.05) is 0 Å². The Balaban J connectivity index is 3.21. The summed E-state index contributed by atoms with van der Waals surface area (Å²) in [5.74, 6) is -2.73. The Morgan fingerprint density at radius 3 is 1.58 bits per heavy atom. The Kier molecular flexibility index (Phi) is 15.8. The van der Waals surface area contributed by atoms with E-state index >= 15 is 0 Å². The summed E-state index contributed by atoms with van der Waals surface area (Å²) in [6.07, 6.45) is 22.4. The number of hydrogen-bond acceptors (Lipinski definition) is 4. The highest BCUT2D eigenvalue weighted by molar-refractivity contribution is 4.81. The van der Waals surface area contributed by atoms with Gasteiger partial charge in [0.1, 0.15) is 0 Å². The van der Waals surface area contributed by atoms with Crippen LogP contribution in [0.25, 0.3) is 0 Å². The lowest BCUT2D eigenvalue weighted by atomic mass is 10.0. The van der Waals surface area contributed by atoms with Crippen LogP contribution >= 0.6 is 0 Å². The van der Waals surface area contributed by atoms with E-state index in [-0.39, 0.29) is 0 Å². The normalized spacial score (nSPS) is 13.7. The van der Waals surface area contributed by atoms with Crippen LogP contribution in [0, 0.1) is 0 Å². The monoisotopic (exact) mass is 343 g/mol. The van der Waals surface area contributed by atoms with E-state index in [1.54, 1.807) is 0 Å². The zero-order chi connectivity index (χ0) is 18.1. The van der Waals surface area contributed by atoms with Gasteiger partial charge in [0.25, 0.3) is 5.97 Å². The van der Waals surface area contributed by atoms with Crippen LogP contribution in [0.2, 0.25) is 0 Å². The molecule has 4 nitrogen and oxygen atoms in total. The topological polar surface area (TPSA) is 86.7 Å². The lowest BCUT2D eigenvalue weighted by Gasteiger charge is -2.21. The van der Waals surface area contributed by atoms with Gasteiger partial charge in [0, 0.05) is 0 Å². The number of rotatable bonds is 17. The molecule has 0 saturated carbocycles. The molecule has 144 valence electrons. The largest absolute Gasteiger partial charge is 0.342 e. The minimum Gasteiger partial charge on any atom is -0.342 e. The number of unbranched alkanes of at least 4 members (excludes halogenated alkanes) is 12. The molecule has 0 spiro atoms. The SMILES string of the molecule is CCCCCCCC/C=C\CCCCCCCCC(N)C(O)(O)O. The summed E-state index contributed by atoms with van der Waals surface area (Å²) < 4.78 is 0. The number of aliphatic hydroxyl groups is 3. The third kappa shape index (κ3) is 16.4. The van der Waals surface area contributed by atoms with E-state index in [0.29, 0.717) is 6.42 Å². The van der Waals surface area contributed by atoms with Crippen molar-refractivity contribution in [2.24, 2.45) is 5.73 Å². The molecule has 0 aromatic heterocycles. The maximum absolute atomic E-state index is 8.89. The van der Waals surface area contributed by atoms with Crippen LogP contribution < -0.4 is 5.73 Å². The van der Waals surface area contributed by atoms with Crippen LogP contribution in [0.1, 0.15) is 103 Å². The Bertz CT molecular complexity index is 287. The lowest BCUT2D eigenvalue weighted by molar-refractivity contribution is -0.323. The molecule has 0 heterocycles. The van der Waals surface area contributed by atoms with Gasteiger partial charge in [-0.3, -0.25) is 0 Å². The molecule has 4 heteroatoms. The predicted molar refractivity (Wildman–Crippen MR) is 101 cm³/mol. The first-order valence-corrected chi connectivity index (χ1v) is 10.1. The van der Waals surface area contributed by atoms with Gasteiger partial charge in [-0.2, -0.15) is 0 Å². The molecule has 0 fully saturated rings. The van der Waals surface area contributed by atoms with Crippen LogP contribution in [0.5, 0.6) is 0 Å². The minimum atomic E-state index is -2.73. The third-order valence-electron chi connectivity index (χ3n) is 4.52. The van der Waals surface area contributed by atoms with Crippen molar-refractivity contribution in [3.8, 4) is 0 Å². The van der Waals surface area contributed by atoms with Gasteiger partial charge in [0.2, 0.25) is 0 Å². The summed E-state index contributed by atoms with van der Waals surface area (Å²) in [4.78, 5) is 0. The van der Waals surface area contributed by atoms with Crippen molar-refractivity contribution < 1.29 is 15.3 Å². The second kappa shape index (κ2) is 16.1. The molecule has 0 aromatic rings. The molecule has 0 bridgehead atoms. The highest BCUT2D eigenvalue weighted by atomic mass is 16.7.